The van der Waals surface area contributed by atoms with E-state index in [1.807, 2.05) is 60.7 Å². The molecule has 0 aliphatic rings. The third-order valence-corrected chi connectivity index (χ3v) is 4.79. The minimum absolute atomic E-state index is 0.0767. The molecule has 0 fully saturated rings. The van der Waals surface area contributed by atoms with Crippen LogP contribution in [0.4, 0.5) is 4.79 Å². The molecule has 0 unspecified atom stereocenters. The summed E-state index contributed by atoms with van der Waals surface area (Å²) in [7, 11) is 1.44. The van der Waals surface area contributed by atoms with Gasteiger partial charge in [0.25, 0.3) is 0 Å². The SMILES string of the molecule is CC(C)[C@H](NC(=O)OCc1ccccc1)C(=O)N(C)[C@@H](Cc1ccccc1)C(=O)O. The van der Waals surface area contributed by atoms with Crippen LogP contribution in [0, 0.1) is 5.92 Å². The lowest BCUT2D eigenvalue weighted by atomic mass is 10.00. The highest BCUT2D eigenvalue weighted by molar-refractivity contribution is 5.89. The van der Waals surface area contributed by atoms with Gasteiger partial charge in [-0.3, -0.25) is 4.79 Å². The van der Waals surface area contributed by atoms with Crippen molar-refractivity contribution in [3.8, 4) is 0 Å². The first-order valence-corrected chi connectivity index (χ1v) is 9.80. The predicted molar refractivity (Wildman–Crippen MR) is 113 cm³/mol. The third kappa shape index (κ3) is 6.62. The van der Waals surface area contributed by atoms with E-state index in [-0.39, 0.29) is 18.9 Å². The van der Waals surface area contributed by atoms with Gasteiger partial charge in [0.1, 0.15) is 18.7 Å². The smallest absolute Gasteiger partial charge is 0.408 e. The molecular weight excluding hydrogens is 384 g/mol. The van der Waals surface area contributed by atoms with Crippen LogP contribution in [0.5, 0.6) is 0 Å². The van der Waals surface area contributed by atoms with Gasteiger partial charge < -0.3 is 20.1 Å². The molecule has 2 aromatic carbocycles. The minimum Gasteiger partial charge on any atom is -0.480 e. The van der Waals surface area contributed by atoms with E-state index >= 15 is 0 Å². The zero-order chi connectivity index (χ0) is 22.1. The van der Waals surface area contributed by atoms with E-state index in [1.54, 1.807) is 13.8 Å². The molecule has 7 nitrogen and oxygen atoms in total. The topological polar surface area (TPSA) is 95.9 Å². The minimum atomic E-state index is -1.11. The summed E-state index contributed by atoms with van der Waals surface area (Å²) in [5, 5.41) is 12.2. The number of ether oxygens (including phenoxy) is 1. The fourth-order valence-electron chi connectivity index (χ4n) is 3.01. The molecule has 30 heavy (non-hydrogen) atoms. The van der Waals surface area contributed by atoms with Crippen molar-refractivity contribution in [1.29, 1.82) is 0 Å². The average molecular weight is 412 g/mol. The number of likely N-dealkylation sites (N-methyl/N-ethyl adjacent to an activating group) is 1. The molecule has 0 saturated carbocycles. The summed E-state index contributed by atoms with van der Waals surface area (Å²) < 4.78 is 5.21. The number of carboxylic acids is 1. The van der Waals surface area contributed by atoms with Crippen LogP contribution in [0.2, 0.25) is 0 Å². The summed E-state index contributed by atoms with van der Waals surface area (Å²) in [5.41, 5.74) is 1.63. The number of rotatable bonds is 9. The molecule has 0 spiro atoms. The fraction of sp³-hybridized carbons (Fsp3) is 0.348. The van der Waals surface area contributed by atoms with Gasteiger partial charge in [-0.05, 0) is 17.0 Å². The van der Waals surface area contributed by atoms with Crippen LogP contribution < -0.4 is 5.32 Å². The van der Waals surface area contributed by atoms with Crippen LogP contribution in [-0.2, 0) is 27.4 Å². The number of nitrogens with zero attached hydrogens (tertiary/aromatic N) is 1. The van der Waals surface area contributed by atoms with Crippen molar-refractivity contribution < 1.29 is 24.2 Å². The molecule has 0 aliphatic carbocycles. The van der Waals surface area contributed by atoms with Gasteiger partial charge >= 0.3 is 12.1 Å². The first-order chi connectivity index (χ1) is 14.3. The van der Waals surface area contributed by atoms with Crippen molar-refractivity contribution >= 4 is 18.0 Å². The number of hydrogen-bond donors (Lipinski definition) is 2. The Morgan fingerprint density at radius 3 is 2.00 bits per heavy atom. The molecule has 7 heteroatoms. The Morgan fingerprint density at radius 2 is 1.50 bits per heavy atom. The van der Waals surface area contributed by atoms with Crippen LogP contribution in [0.1, 0.15) is 25.0 Å². The largest absolute Gasteiger partial charge is 0.480 e. The van der Waals surface area contributed by atoms with Crippen LogP contribution in [0.15, 0.2) is 60.7 Å². The second-order valence-electron chi connectivity index (χ2n) is 7.42. The van der Waals surface area contributed by atoms with Crippen molar-refractivity contribution in [3.63, 3.8) is 0 Å². The Bertz CT molecular complexity index is 839. The Hall–Kier alpha value is -3.35. The monoisotopic (exact) mass is 412 g/mol. The molecule has 0 aliphatic heterocycles. The van der Waals surface area contributed by atoms with Crippen LogP contribution in [0.3, 0.4) is 0 Å². The highest BCUT2D eigenvalue weighted by Crippen LogP contribution is 2.13. The average Bonchev–Trinajstić information content (AvgIpc) is 2.74. The van der Waals surface area contributed by atoms with Crippen LogP contribution in [-0.4, -0.2) is 47.1 Å². The van der Waals surface area contributed by atoms with Crippen molar-refractivity contribution in [1.82, 2.24) is 10.2 Å². The Balaban J connectivity index is 2.04. The summed E-state index contributed by atoms with van der Waals surface area (Å²) in [6.07, 6.45) is -0.559. The van der Waals surface area contributed by atoms with Crippen molar-refractivity contribution in [2.24, 2.45) is 5.92 Å². The molecule has 2 aromatic rings. The molecule has 0 radical (unpaired) electrons. The molecule has 2 N–H and O–H groups in total. The lowest BCUT2D eigenvalue weighted by molar-refractivity contribution is -0.150. The number of carbonyl (C=O) groups excluding carboxylic acids is 2. The number of benzene rings is 2. The zero-order valence-electron chi connectivity index (χ0n) is 17.4. The van der Waals surface area contributed by atoms with Gasteiger partial charge in [0, 0.05) is 13.5 Å². The zero-order valence-corrected chi connectivity index (χ0v) is 17.4. The standard InChI is InChI=1S/C23H28N2O5/c1-16(2)20(24-23(29)30-15-18-12-8-5-9-13-18)21(26)25(3)19(22(27)28)14-17-10-6-4-7-11-17/h4-13,16,19-20H,14-15H2,1-3H3,(H,24,29)(H,27,28)/t19-,20-/m0/s1. The lowest BCUT2D eigenvalue weighted by Crippen LogP contribution is -2.54. The van der Waals surface area contributed by atoms with Gasteiger partial charge in [-0.15, -0.1) is 0 Å². The van der Waals surface area contributed by atoms with Gasteiger partial charge in [-0.1, -0.05) is 74.5 Å². The molecule has 2 amide bonds. The van der Waals surface area contributed by atoms with Crippen LogP contribution >= 0.6 is 0 Å². The first-order valence-electron chi connectivity index (χ1n) is 9.80. The van der Waals surface area contributed by atoms with E-state index in [2.05, 4.69) is 5.32 Å². The summed E-state index contributed by atoms with van der Waals surface area (Å²) >= 11 is 0. The van der Waals surface area contributed by atoms with Crippen molar-refractivity contribution in [2.75, 3.05) is 7.05 Å². The van der Waals surface area contributed by atoms with Crippen LogP contribution in [0.25, 0.3) is 0 Å². The van der Waals surface area contributed by atoms with Gasteiger partial charge in [0.15, 0.2) is 0 Å². The molecule has 0 bridgehead atoms. The maximum Gasteiger partial charge on any atom is 0.408 e. The van der Waals surface area contributed by atoms with Crippen molar-refractivity contribution in [2.45, 2.75) is 39.0 Å². The summed E-state index contributed by atoms with van der Waals surface area (Å²) in [6.45, 7) is 3.63. The van der Waals surface area contributed by atoms with Gasteiger partial charge in [0.2, 0.25) is 5.91 Å². The highest BCUT2D eigenvalue weighted by Gasteiger charge is 2.34. The molecule has 2 atom stereocenters. The van der Waals surface area contributed by atoms with E-state index in [0.29, 0.717) is 0 Å². The molecule has 2 rings (SSSR count). The lowest BCUT2D eigenvalue weighted by Gasteiger charge is -2.30. The number of carboxylic acid groups (broad SMARTS) is 1. The van der Waals surface area contributed by atoms with Gasteiger partial charge in [-0.2, -0.15) is 0 Å². The first kappa shape index (κ1) is 22.9. The molecule has 0 aromatic heterocycles. The number of nitrogens with one attached hydrogen (secondary N) is 1. The normalized spacial score (nSPS) is 12.7. The quantitative estimate of drug-likeness (QED) is 0.660. The van der Waals surface area contributed by atoms with Gasteiger partial charge in [-0.25, -0.2) is 9.59 Å². The number of amides is 2. The number of aliphatic carboxylic acids is 1. The highest BCUT2D eigenvalue weighted by atomic mass is 16.5. The number of alkyl carbamates (subject to hydrolysis) is 1. The summed E-state index contributed by atoms with van der Waals surface area (Å²) in [4.78, 5) is 38.3. The Labute approximate surface area is 176 Å². The van der Waals surface area contributed by atoms with E-state index in [4.69, 9.17) is 4.74 Å². The van der Waals surface area contributed by atoms with Crippen molar-refractivity contribution in [3.05, 3.63) is 71.8 Å². The summed E-state index contributed by atoms with van der Waals surface area (Å²) in [5.74, 6) is -1.84. The Morgan fingerprint density at radius 1 is 0.967 bits per heavy atom. The maximum absolute atomic E-state index is 13.0. The molecule has 0 saturated heterocycles. The maximum atomic E-state index is 13.0. The number of hydrogen-bond acceptors (Lipinski definition) is 4. The van der Waals surface area contributed by atoms with E-state index in [0.717, 1.165) is 11.1 Å². The molecule has 160 valence electrons. The van der Waals surface area contributed by atoms with Gasteiger partial charge in [0.05, 0.1) is 0 Å². The molecule has 0 heterocycles. The number of carbonyl (C=O) groups is 3. The Kier molecular flexibility index (Phi) is 8.41. The molecular formula is C23H28N2O5. The second kappa shape index (κ2) is 11.0. The van der Waals surface area contributed by atoms with E-state index in [9.17, 15) is 19.5 Å². The third-order valence-electron chi connectivity index (χ3n) is 4.79. The summed E-state index contributed by atoms with van der Waals surface area (Å²) in [6, 6.07) is 16.3. The predicted octanol–water partition coefficient (Wildman–Crippen LogP) is 3.09. The second-order valence-corrected chi connectivity index (χ2v) is 7.42. The van der Waals surface area contributed by atoms with E-state index < -0.39 is 30.1 Å². The van der Waals surface area contributed by atoms with E-state index in [1.165, 1.54) is 11.9 Å². The fourth-order valence-corrected chi connectivity index (χ4v) is 3.01.